The van der Waals surface area contributed by atoms with E-state index in [2.05, 4.69) is 31.9 Å². The first-order chi connectivity index (χ1) is 16.7. The summed E-state index contributed by atoms with van der Waals surface area (Å²) in [7, 11) is 0. The molecule has 1 atom stereocenters. The lowest BCUT2D eigenvalue weighted by atomic mass is 10.0. The third-order valence-electron chi connectivity index (χ3n) is 5.72. The molecule has 0 saturated heterocycles. The van der Waals surface area contributed by atoms with Gasteiger partial charge >= 0.3 is 0 Å². The second kappa shape index (κ2) is 9.60. The Kier molecular flexibility index (Phi) is 6.05. The van der Waals surface area contributed by atoms with Gasteiger partial charge in [0.25, 0.3) is 0 Å². The Balaban J connectivity index is 1.62. The van der Waals surface area contributed by atoms with E-state index in [0.717, 1.165) is 34.4 Å². The smallest absolute Gasteiger partial charge is 0.229 e. The number of rotatable bonds is 2. The maximum absolute atomic E-state index is 10.3. The van der Waals surface area contributed by atoms with E-state index in [9.17, 15) is 10.4 Å². The lowest BCUT2D eigenvalue weighted by Crippen LogP contribution is -2.18. The molecule has 3 heterocycles. The number of H-pyrrole nitrogens is 1. The molecule has 1 aliphatic heterocycles. The lowest BCUT2D eigenvalue weighted by Gasteiger charge is -2.22. The number of benzene rings is 2. The number of hydrogen-bond donors (Lipinski definition) is 4. The number of para-hydroxylation sites is 1. The summed E-state index contributed by atoms with van der Waals surface area (Å²) in [6, 6.07) is 15.0. The Labute approximate surface area is 196 Å². The second-order valence-corrected chi connectivity index (χ2v) is 7.92. The van der Waals surface area contributed by atoms with Crippen LogP contribution in [0.25, 0.3) is 11.1 Å². The highest BCUT2D eigenvalue weighted by Crippen LogP contribution is 2.33. The van der Waals surface area contributed by atoms with Crippen LogP contribution in [0.3, 0.4) is 0 Å². The third-order valence-corrected chi connectivity index (χ3v) is 5.72. The van der Waals surface area contributed by atoms with Crippen molar-refractivity contribution in [2.45, 2.75) is 18.9 Å². The van der Waals surface area contributed by atoms with Gasteiger partial charge < -0.3 is 20.5 Å². The fraction of sp³-hybridized carbons (Fsp3) is 0.200. The molecule has 5 rings (SSSR count). The molecule has 4 N–H and O–H groups in total. The number of nitrogens with one attached hydrogen (secondary N) is 3. The molecule has 9 nitrogen and oxygen atoms in total. The zero-order valence-corrected chi connectivity index (χ0v) is 18.3. The van der Waals surface area contributed by atoms with Crippen LogP contribution < -0.4 is 15.4 Å². The zero-order chi connectivity index (χ0) is 23.3. The molecule has 170 valence electrons. The van der Waals surface area contributed by atoms with E-state index in [1.807, 2.05) is 36.4 Å². The highest BCUT2D eigenvalue weighted by atomic mass is 16.5. The van der Waals surface area contributed by atoms with Crippen molar-refractivity contribution in [2.75, 3.05) is 23.8 Å². The van der Waals surface area contributed by atoms with E-state index < -0.39 is 6.04 Å². The van der Waals surface area contributed by atoms with E-state index in [4.69, 9.17) is 9.72 Å². The number of aliphatic hydroxyl groups is 1. The predicted octanol–water partition coefficient (Wildman–Crippen LogP) is 3.95. The number of nitrogens with zero attached hydrogens (tertiary/aromatic N) is 4. The van der Waals surface area contributed by atoms with Crippen molar-refractivity contribution in [2.24, 2.45) is 0 Å². The van der Waals surface area contributed by atoms with Gasteiger partial charge in [-0.05, 0) is 42.7 Å². The van der Waals surface area contributed by atoms with Crippen LogP contribution in [0.5, 0.6) is 5.75 Å². The number of nitriles is 1. The standard InChI is InChI=1S/C25H23N7O2/c26-11-17-7-8-19-10-16(17)4-3-9-34-23-6-2-1-5-20(23)22(15-33)31-24-21(18-12-28-29-13-18)14-27-25(30-19)32-24/h1-2,5-8,10,12-14,22,33H,3-4,9,15H2,(H,28,29)(H2,27,30,31,32)/t22-/m1/s1. The Morgan fingerprint density at radius 2 is 2.09 bits per heavy atom. The number of hydrogen-bond acceptors (Lipinski definition) is 8. The first kappa shape index (κ1) is 21.4. The van der Waals surface area contributed by atoms with Crippen LogP contribution >= 0.6 is 0 Å². The Bertz CT molecular complexity index is 1330. The summed E-state index contributed by atoms with van der Waals surface area (Å²) in [6.07, 6.45) is 6.59. The summed E-state index contributed by atoms with van der Waals surface area (Å²) in [4.78, 5) is 9.20. The number of aliphatic hydroxyl groups excluding tert-OH is 1. The van der Waals surface area contributed by atoms with Crippen LogP contribution in [-0.4, -0.2) is 38.5 Å². The molecule has 34 heavy (non-hydrogen) atoms. The lowest BCUT2D eigenvalue weighted by molar-refractivity contribution is 0.266. The van der Waals surface area contributed by atoms with Crippen LogP contribution in [0.4, 0.5) is 17.5 Å². The van der Waals surface area contributed by atoms with Gasteiger partial charge in [-0.3, -0.25) is 5.10 Å². The third kappa shape index (κ3) is 4.40. The van der Waals surface area contributed by atoms with E-state index in [0.29, 0.717) is 36.1 Å². The summed E-state index contributed by atoms with van der Waals surface area (Å²) in [5.74, 6) is 1.62. The monoisotopic (exact) mass is 453 g/mol. The maximum Gasteiger partial charge on any atom is 0.229 e. The fourth-order valence-corrected chi connectivity index (χ4v) is 4.01. The number of fused-ring (bicyclic) bond motifs is 5. The second-order valence-electron chi connectivity index (χ2n) is 7.92. The minimum atomic E-state index is -0.457. The van der Waals surface area contributed by atoms with Gasteiger partial charge in [-0.25, -0.2) is 4.98 Å². The van der Waals surface area contributed by atoms with Crippen LogP contribution in [0.15, 0.2) is 61.1 Å². The van der Waals surface area contributed by atoms with E-state index in [1.54, 1.807) is 24.7 Å². The normalized spacial score (nSPS) is 15.4. The molecule has 0 aliphatic carbocycles. The van der Waals surface area contributed by atoms with Crippen LogP contribution in [0.2, 0.25) is 0 Å². The first-order valence-electron chi connectivity index (χ1n) is 11.0. The number of aromatic nitrogens is 4. The number of ether oxygens (including phenoxy) is 1. The van der Waals surface area contributed by atoms with Gasteiger partial charge in [-0.1, -0.05) is 18.2 Å². The average Bonchev–Trinajstić information content (AvgIpc) is 3.40. The van der Waals surface area contributed by atoms with Gasteiger partial charge in [-0.2, -0.15) is 15.3 Å². The van der Waals surface area contributed by atoms with Crippen LogP contribution in [0.1, 0.15) is 29.2 Å². The summed E-state index contributed by atoms with van der Waals surface area (Å²) in [5, 5.41) is 33.3. The Morgan fingerprint density at radius 3 is 2.91 bits per heavy atom. The van der Waals surface area contributed by atoms with Crippen LogP contribution in [-0.2, 0) is 6.42 Å². The van der Waals surface area contributed by atoms with Gasteiger partial charge in [0.15, 0.2) is 0 Å². The van der Waals surface area contributed by atoms with Crippen molar-refractivity contribution in [3.63, 3.8) is 0 Å². The van der Waals surface area contributed by atoms with Gasteiger partial charge in [0.05, 0.1) is 37.1 Å². The quantitative estimate of drug-likeness (QED) is 0.359. The molecule has 0 radical (unpaired) electrons. The minimum absolute atomic E-state index is 0.162. The van der Waals surface area contributed by atoms with Crippen molar-refractivity contribution < 1.29 is 9.84 Å². The Morgan fingerprint density at radius 1 is 1.18 bits per heavy atom. The minimum Gasteiger partial charge on any atom is -0.493 e. The summed E-state index contributed by atoms with van der Waals surface area (Å²) in [6.45, 7) is 0.315. The SMILES string of the molecule is N#Cc1ccc2cc1CCCOc1ccccc1[C@@H](CO)Nc1nc(ncc1-c1cn[nH]c1)N2. The summed E-state index contributed by atoms with van der Waals surface area (Å²) < 4.78 is 6.10. The average molecular weight is 454 g/mol. The highest BCUT2D eigenvalue weighted by molar-refractivity contribution is 5.75. The van der Waals surface area contributed by atoms with Crippen molar-refractivity contribution >= 4 is 17.5 Å². The molecular weight excluding hydrogens is 430 g/mol. The molecule has 4 aromatic rings. The molecule has 0 saturated carbocycles. The zero-order valence-electron chi connectivity index (χ0n) is 18.3. The Hall–Kier alpha value is -4.42. The number of aromatic amines is 1. The molecule has 4 bridgehead atoms. The molecule has 2 aromatic heterocycles. The first-order valence-corrected chi connectivity index (χ1v) is 11.0. The number of anilines is 3. The van der Waals surface area contributed by atoms with Crippen molar-refractivity contribution in [1.29, 1.82) is 5.26 Å². The predicted molar refractivity (Wildman–Crippen MR) is 128 cm³/mol. The topological polar surface area (TPSA) is 132 Å². The van der Waals surface area contributed by atoms with Crippen molar-refractivity contribution in [3.05, 3.63) is 77.7 Å². The van der Waals surface area contributed by atoms with E-state index in [-0.39, 0.29) is 6.61 Å². The molecule has 0 fully saturated rings. The van der Waals surface area contributed by atoms with Gasteiger partial charge in [0.1, 0.15) is 11.6 Å². The summed E-state index contributed by atoms with van der Waals surface area (Å²) >= 11 is 0. The molecule has 1 aliphatic rings. The molecular formula is C25H23N7O2. The van der Waals surface area contributed by atoms with Crippen molar-refractivity contribution in [3.8, 4) is 22.9 Å². The largest absolute Gasteiger partial charge is 0.493 e. The number of aryl methyl sites for hydroxylation is 1. The molecule has 9 heteroatoms. The fourth-order valence-electron chi connectivity index (χ4n) is 4.01. The van der Waals surface area contributed by atoms with Gasteiger partial charge in [-0.15, -0.1) is 0 Å². The molecule has 0 amide bonds. The van der Waals surface area contributed by atoms with Gasteiger partial charge in [0, 0.05) is 34.8 Å². The molecule has 0 spiro atoms. The van der Waals surface area contributed by atoms with Crippen molar-refractivity contribution in [1.82, 2.24) is 20.2 Å². The molecule has 2 aromatic carbocycles. The van der Waals surface area contributed by atoms with Crippen LogP contribution in [0, 0.1) is 11.3 Å². The van der Waals surface area contributed by atoms with Gasteiger partial charge in [0.2, 0.25) is 5.95 Å². The summed E-state index contributed by atoms with van der Waals surface area (Å²) in [5.41, 5.74) is 4.73. The van der Waals surface area contributed by atoms with E-state index in [1.165, 1.54) is 0 Å². The van der Waals surface area contributed by atoms with E-state index >= 15 is 0 Å². The highest BCUT2D eigenvalue weighted by Gasteiger charge is 2.20. The maximum atomic E-state index is 10.3. The molecule has 0 unspecified atom stereocenters.